The van der Waals surface area contributed by atoms with Gasteiger partial charge in [0.05, 0.1) is 5.56 Å². The highest BCUT2D eigenvalue weighted by atomic mass is 32.1. The van der Waals surface area contributed by atoms with E-state index >= 15 is 0 Å². The van der Waals surface area contributed by atoms with Gasteiger partial charge < -0.3 is 18.8 Å². The molecule has 8 heteroatoms. The summed E-state index contributed by atoms with van der Waals surface area (Å²) in [6.07, 6.45) is 3.73. The third kappa shape index (κ3) is 4.70. The van der Waals surface area contributed by atoms with Gasteiger partial charge in [-0.1, -0.05) is 26.8 Å². The fraction of sp³-hybridized carbons (Fsp3) is 0.276. The van der Waals surface area contributed by atoms with Crippen LogP contribution in [0.5, 0.6) is 5.75 Å². The van der Waals surface area contributed by atoms with Gasteiger partial charge in [0.2, 0.25) is 0 Å². The highest BCUT2D eigenvalue weighted by molar-refractivity contribution is 7.15. The number of ether oxygens (including phenoxy) is 1. The molecule has 7 nitrogen and oxygen atoms in total. The first kappa shape index (κ1) is 24.6. The number of aromatic nitrogens is 2. The Hall–Kier alpha value is -4.09. The van der Waals surface area contributed by atoms with Gasteiger partial charge >= 0.3 is 5.97 Å². The molecule has 5 rings (SSSR count). The van der Waals surface area contributed by atoms with Crippen molar-refractivity contribution in [2.75, 3.05) is 0 Å². The van der Waals surface area contributed by atoms with E-state index in [4.69, 9.17) is 9.15 Å². The van der Waals surface area contributed by atoms with Gasteiger partial charge in [0.1, 0.15) is 17.4 Å². The maximum atomic E-state index is 11.4. The monoisotopic (exact) mass is 513 g/mol. The summed E-state index contributed by atoms with van der Waals surface area (Å²) >= 11 is 1.65. The van der Waals surface area contributed by atoms with Gasteiger partial charge in [-0.05, 0) is 61.2 Å². The third-order valence-electron chi connectivity index (χ3n) is 6.25. The Kier molecular flexibility index (Phi) is 5.84. The van der Waals surface area contributed by atoms with Gasteiger partial charge in [0, 0.05) is 40.1 Å². The predicted octanol–water partition coefficient (Wildman–Crippen LogP) is 6.97. The third-order valence-corrected chi connectivity index (χ3v) is 7.69. The maximum absolute atomic E-state index is 11.4. The summed E-state index contributed by atoms with van der Waals surface area (Å²) in [5.41, 5.74) is 1.87. The first-order valence-electron chi connectivity index (χ1n) is 11.9. The van der Waals surface area contributed by atoms with E-state index in [1.807, 2.05) is 41.2 Å². The number of hydrogen-bond acceptors (Lipinski definition) is 6. The van der Waals surface area contributed by atoms with Crippen molar-refractivity contribution in [1.82, 2.24) is 9.55 Å². The van der Waals surface area contributed by atoms with E-state index in [9.17, 15) is 15.2 Å². The van der Waals surface area contributed by atoms with Crippen molar-refractivity contribution >= 4 is 39.2 Å². The van der Waals surface area contributed by atoms with E-state index in [2.05, 4.69) is 37.9 Å². The minimum Gasteiger partial charge on any atom is -0.478 e. The Bertz CT molecular complexity index is 1690. The molecule has 3 aromatic heterocycles. The van der Waals surface area contributed by atoms with Crippen LogP contribution in [0.1, 0.15) is 50.6 Å². The number of carbonyl (C=O) groups is 1. The van der Waals surface area contributed by atoms with Crippen LogP contribution >= 0.6 is 11.3 Å². The Morgan fingerprint density at radius 3 is 2.62 bits per heavy atom. The second kappa shape index (κ2) is 8.79. The molecule has 0 bridgehead atoms. The summed E-state index contributed by atoms with van der Waals surface area (Å²) in [5, 5.41) is 21.7. The van der Waals surface area contributed by atoms with Crippen LogP contribution < -0.4 is 4.74 Å². The standard InChI is InChI=1S/C29H27N3O4S/c1-28(2,3)25-14-31-26(37-25)24-11-18-10-17(6-9-23(18)35-24)15-32-16-19(13-30)21-12-20(7-8-22(21)32)36-29(4,5)27(33)34/h6-12,14,16H,15H2,1-5H3,(H,33,34). The van der Waals surface area contributed by atoms with Gasteiger partial charge in [-0.2, -0.15) is 5.26 Å². The molecule has 3 heterocycles. The molecule has 2 aromatic carbocycles. The van der Waals surface area contributed by atoms with Gasteiger partial charge in [-0.25, -0.2) is 9.78 Å². The van der Waals surface area contributed by atoms with Crippen LogP contribution in [0.3, 0.4) is 0 Å². The highest BCUT2D eigenvalue weighted by Gasteiger charge is 2.29. The summed E-state index contributed by atoms with van der Waals surface area (Å²) in [6, 6.07) is 15.6. The van der Waals surface area contributed by atoms with E-state index in [1.165, 1.54) is 18.7 Å². The molecule has 0 saturated carbocycles. The van der Waals surface area contributed by atoms with Crippen LogP contribution in [0.15, 0.2) is 59.3 Å². The lowest BCUT2D eigenvalue weighted by Crippen LogP contribution is -2.37. The van der Waals surface area contributed by atoms with Crippen molar-refractivity contribution in [1.29, 1.82) is 5.26 Å². The number of fused-ring (bicyclic) bond motifs is 2. The smallest absolute Gasteiger partial charge is 0.347 e. The molecule has 0 aliphatic heterocycles. The molecule has 5 aromatic rings. The number of nitriles is 1. The highest BCUT2D eigenvalue weighted by Crippen LogP contribution is 2.36. The first-order valence-corrected chi connectivity index (χ1v) is 12.7. The fourth-order valence-corrected chi connectivity index (χ4v) is 5.05. The molecular formula is C29H27N3O4S. The van der Waals surface area contributed by atoms with E-state index in [0.29, 0.717) is 23.2 Å². The maximum Gasteiger partial charge on any atom is 0.347 e. The number of hydrogen-bond donors (Lipinski definition) is 1. The van der Waals surface area contributed by atoms with E-state index < -0.39 is 11.6 Å². The zero-order chi connectivity index (χ0) is 26.5. The number of nitrogens with zero attached hydrogens (tertiary/aromatic N) is 3. The number of aliphatic carboxylic acids is 1. The van der Waals surface area contributed by atoms with Crippen molar-refractivity contribution in [3.05, 3.63) is 70.9 Å². The number of carboxylic acids is 1. The molecule has 0 saturated heterocycles. The normalized spacial score (nSPS) is 12.2. The second-order valence-electron chi connectivity index (χ2n) is 10.6. The number of thiazole rings is 1. The van der Waals surface area contributed by atoms with Gasteiger partial charge in [0.15, 0.2) is 16.4 Å². The van der Waals surface area contributed by atoms with Gasteiger partial charge in [-0.3, -0.25) is 0 Å². The average molecular weight is 514 g/mol. The summed E-state index contributed by atoms with van der Waals surface area (Å²) in [5.74, 6) is 0.0916. The molecule has 0 spiro atoms. The molecule has 0 radical (unpaired) electrons. The Labute approximate surface area is 218 Å². The van der Waals surface area contributed by atoms with Crippen molar-refractivity contribution in [2.24, 2.45) is 0 Å². The van der Waals surface area contributed by atoms with Crippen LogP contribution in [-0.2, 0) is 16.8 Å². The summed E-state index contributed by atoms with van der Waals surface area (Å²) < 4.78 is 13.8. The Balaban J connectivity index is 1.45. The van der Waals surface area contributed by atoms with Crippen molar-refractivity contribution in [3.63, 3.8) is 0 Å². The number of benzene rings is 2. The molecular weight excluding hydrogens is 486 g/mol. The quantitative estimate of drug-likeness (QED) is 0.263. The minimum absolute atomic E-state index is 0.0380. The molecule has 0 fully saturated rings. The average Bonchev–Trinajstić information content (AvgIpc) is 3.55. The van der Waals surface area contributed by atoms with Gasteiger partial charge in [-0.15, -0.1) is 11.3 Å². The van der Waals surface area contributed by atoms with Crippen LogP contribution in [0.25, 0.3) is 32.6 Å². The summed E-state index contributed by atoms with van der Waals surface area (Å²) in [6.45, 7) is 10.0. The van der Waals surface area contributed by atoms with Crippen molar-refractivity contribution in [3.8, 4) is 22.6 Å². The molecule has 0 atom stereocenters. The van der Waals surface area contributed by atoms with Crippen LogP contribution in [0.2, 0.25) is 0 Å². The zero-order valence-corrected chi connectivity index (χ0v) is 22.1. The molecule has 0 amide bonds. The SMILES string of the molecule is CC(C)(Oc1ccc2c(c1)c(C#N)cn2Cc1ccc2oc(-c3ncc(C(C)(C)C)s3)cc2c1)C(=O)O. The summed E-state index contributed by atoms with van der Waals surface area (Å²) in [7, 11) is 0. The molecule has 0 unspecified atom stereocenters. The fourth-order valence-electron chi connectivity index (χ4n) is 4.13. The van der Waals surface area contributed by atoms with Gasteiger partial charge in [0.25, 0.3) is 0 Å². The molecule has 0 aliphatic carbocycles. The van der Waals surface area contributed by atoms with Crippen molar-refractivity contribution in [2.45, 2.75) is 52.2 Å². The molecule has 1 N–H and O–H groups in total. The topological polar surface area (TPSA) is 101 Å². The zero-order valence-electron chi connectivity index (χ0n) is 21.3. The lowest BCUT2D eigenvalue weighted by molar-refractivity contribution is -0.152. The van der Waals surface area contributed by atoms with Crippen molar-refractivity contribution < 1.29 is 19.1 Å². The predicted molar refractivity (Wildman–Crippen MR) is 144 cm³/mol. The Morgan fingerprint density at radius 1 is 1.16 bits per heavy atom. The lowest BCUT2D eigenvalue weighted by atomic mass is 9.96. The molecule has 37 heavy (non-hydrogen) atoms. The second-order valence-corrected chi connectivity index (χ2v) is 11.7. The van der Waals surface area contributed by atoms with Crippen LogP contribution in [0.4, 0.5) is 0 Å². The summed E-state index contributed by atoms with van der Waals surface area (Å²) in [4.78, 5) is 17.2. The van der Waals surface area contributed by atoms with Crippen LogP contribution in [-0.4, -0.2) is 26.2 Å². The van der Waals surface area contributed by atoms with E-state index in [1.54, 1.807) is 23.5 Å². The first-order chi connectivity index (χ1) is 17.4. The van der Waals surface area contributed by atoms with Crippen LogP contribution in [0, 0.1) is 11.3 Å². The molecule has 188 valence electrons. The lowest BCUT2D eigenvalue weighted by Gasteiger charge is -2.21. The number of furan rings is 1. The molecule has 0 aliphatic rings. The number of rotatable bonds is 6. The van der Waals surface area contributed by atoms with E-state index in [0.717, 1.165) is 32.8 Å². The Morgan fingerprint density at radius 2 is 1.95 bits per heavy atom. The van der Waals surface area contributed by atoms with E-state index in [-0.39, 0.29) is 5.41 Å². The largest absolute Gasteiger partial charge is 0.478 e. The number of carboxylic acid groups (broad SMARTS) is 1. The minimum atomic E-state index is -1.38.